The molecule has 13 nitrogen and oxygen atoms in total. The number of benzene rings is 5. The monoisotopic (exact) mass is 789 g/mol. The second-order valence-electron chi connectivity index (χ2n) is 13.4. The smallest absolute Gasteiger partial charge is 0.336 e. The van der Waals surface area contributed by atoms with E-state index in [4.69, 9.17) is 4.74 Å². The molecule has 5 aromatic carbocycles. The molecule has 0 spiro atoms. The van der Waals surface area contributed by atoms with Crippen LogP contribution < -0.4 is 14.8 Å². The van der Waals surface area contributed by atoms with Gasteiger partial charge in [-0.3, -0.25) is 14.4 Å². The van der Waals surface area contributed by atoms with Gasteiger partial charge in [-0.1, -0.05) is 61.5 Å². The van der Waals surface area contributed by atoms with Gasteiger partial charge in [-0.15, -0.1) is 0 Å². The normalized spacial score (nSPS) is 13.5. The first-order chi connectivity index (χ1) is 27.3. The van der Waals surface area contributed by atoms with Gasteiger partial charge in [-0.05, 0) is 103 Å². The summed E-state index contributed by atoms with van der Waals surface area (Å²) in [6.45, 7) is 1.80. The largest absolute Gasteiger partial charge is 0.478 e. The van der Waals surface area contributed by atoms with Gasteiger partial charge < -0.3 is 25.2 Å². The van der Waals surface area contributed by atoms with Crippen molar-refractivity contribution in [3.8, 4) is 11.5 Å². The highest BCUT2D eigenvalue weighted by molar-refractivity contribution is 7.90. The van der Waals surface area contributed by atoms with E-state index in [2.05, 4.69) is 5.32 Å². The lowest BCUT2D eigenvalue weighted by Gasteiger charge is -2.36. The number of aryl methyl sites for hydroxylation is 1. The maximum absolute atomic E-state index is 14.9. The summed E-state index contributed by atoms with van der Waals surface area (Å²) in [4.78, 5) is 66.8. The molecule has 0 bridgehead atoms. The molecule has 5 aromatic rings. The number of aromatic carboxylic acids is 2. The van der Waals surface area contributed by atoms with Gasteiger partial charge in [0.2, 0.25) is 5.91 Å². The van der Waals surface area contributed by atoms with Crippen LogP contribution in [0.1, 0.15) is 96.8 Å². The number of amides is 3. The molecule has 1 atom stereocenters. The molecular weight excluding hydrogens is 751 g/mol. The van der Waals surface area contributed by atoms with E-state index in [1.165, 1.54) is 17.0 Å². The molecule has 1 aliphatic carbocycles. The molecule has 0 unspecified atom stereocenters. The van der Waals surface area contributed by atoms with Crippen LogP contribution in [0.4, 0.5) is 5.69 Å². The number of nitrogens with one attached hydrogen (secondary N) is 2. The Labute approximate surface area is 329 Å². The molecule has 0 saturated heterocycles. The molecule has 1 aliphatic rings. The third kappa shape index (κ3) is 9.36. The first kappa shape index (κ1) is 39.9. The summed E-state index contributed by atoms with van der Waals surface area (Å²) in [6.07, 6.45) is 2.86. The first-order valence-corrected chi connectivity index (χ1v) is 19.6. The molecule has 14 heteroatoms. The molecular formula is C43H39N3O10S. The van der Waals surface area contributed by atoms with Crippen LogP contribution >= 0.6 is 0 Å². The summed E-state index contributed by atoms with van der Waals surface area (Å²) in [7, 11) is -4.63. The molecule has 3 amide bonds. The molecule has 0 aliphatic heterocycles. The van der Waals surface area contributed by atoms with Crippen molar-refractivity contribution in [3.63, 3.8) is 0 Å². The summed E-state index contributed by atoms with van der Waals surface area (Å²) in [5, 5.41) is 23.0. The Kier molecular flexibility index (Phi) is 12.1. The third-order valence-electron chi connectivity index (χ3n) is 9.45. The van der Waals surface area contributed by atoms with E-state index in [-0.39, 0.29) is 23.8 Å². The number of carboxylic acid groups (broad SMARTS) is 2. The second kappa shape index (κ2) is 17.3. The Morgan fingerprint density at radius 3 is 2.11 bits per heavy atom. The number of para-hydroxylation sites is 1. The average Bonchev–Trinajstić information content (AvgIpc) is 3.19. The van der Waals surface area contributed by atoms with Gasteiger partial charge in [-0.2, -0.15) is 0 Å². The SMILES string of the molecule is CCCC(=O)Nc1ccc(S(=O)(=O)NC(=O)c2cc(C(=O)N(Cc3cccc(Oc4ccccc4)c3)[C@H]3CCCc4ccccc43)c(C(=O)O)cc2C(=O)O)cc1. The first-order valence-electron chi connectivity index (χ1n) is 18.2. The lowest BCUT2D eigenvalue weighted by Crippen LogP contribution is -2.38. The van der Waals surface area contributed by atoms with Crippen molar-refractivity contribution in [2.24, 2.45) is 0 Å². The number of fused-ring (bicyclic) bond motifs is 1. The number of nitrogens with zero attached hydrogens (tertiary/aromatic N) is 1. The fraction of sp³-hybridized carbons (Fsp3) is 0.186. The molecule has 6 rings (SSSR count). The lowest BCUT2D eigenvalue weighted by molar-refractivity contribution is -0.116. The predicted molar refractivity (Wildman–Crippen MR) is 210 cm³/mol. The van der Waals surface area contributed by atoms with Gasteiger partial charge in [0.25, 0.3) is 21.8 Å². The summed E-state index contributed by atoms with van der Waals surface area (Å²) in [6, 6.07) is 29.7. The van der Waals surface area contributed by atoms with Crippen LogP contribution in [0.5, 0.6) is 11.5 Å². The van der Waals surface area contributed by atoms with Crippen molar-refractivity contribution in [2.75, 3.05) is 5.32 Å². The number of hydrogen-bond acceptors (Lipinski definition) is 8. The molecule has 0 saturated carbocycles. The van der Waals surface area contributed by atoms with E-state index in [0.717, 1.165) is 35.7 Å². The quantitative estimate of drug-likeness (QED) is 0.0877. The van der Waals surface area contributed by atoms with E-state index in [0.29, 0.717) is 48.1 Å². The average molecular weight is 790 g/mol. The van der Waals surface area contributed by atoms with Crippen molar-refractivity contribution in [1.82, 2.24) is 9.62 Å². The van der Waals surface area contributed by atoms with Gasteiger partial charge in [0.15, 0.2) is 0 Å². The third-order valence-corrected chi connectivity index (χ3v) is 10.8. The number of ether oxygens (including phenoxy) is 1. The fourth-order valence-corrected chi connectivity index (χ4v) is 7.75. The molecule has 0 heterocycles. The maximum atomic E-state index is 14.9. The molecule has 57 heavy (non-hydrogen) atoms. The van der Waals surface area contributed by atoms with E-state index in [1.54, 1.807) is 36.4 Å². The number of hydrogen-bond donors (Lipinski definition) is 4. The van der Waals surface area contributed by atoms with Crippen molar-refractivity contribution in [3.05, 3.63) is 154 Å². The molecule has 292 valence electrons. The Bertz CT molecular complexity index is 2450. The summed E-state index contributed by atoms with van der Waals surface area (Å²) < 4.78 is 34.6. The minimum absolute atomic E-state index is 0.0334. The number of rotatable bonds is 14. The van der Waals surface area contributed by atoms with Crippen LogP contribution in [-0.2, 0) is 27.8 Å². The maximum Gasteiger partial charge on any atom is 0.336 e. The number of carbonyl (C=O) groups is 5. The fourth-order valence-electron chi connectivity index (χ4n) is 6.78. The van der Waals surface area contributed by atoms with Crippen LogP contribution in [0, 0.1) is 0 Å². The minimum Gasteiger partial charge on any atom is -0.478 e. The number of carboxylic acids is 2. The zero-order valence-electron chi connectivity index (χ0n) is 30.8. The number of carbonyl (C=O) groups excluding carboxylic acids is 3. The number of sulfonamides is 1. The second-order valence-corrected chi connectivity index (χ2v) is 15.1. The zero-order valence-corrected chi connectivity index (χ0v) is 31.6. The van der Waals surface area contributed by atoms with Gasteiger partial charge in [-0.25, -0.2) is 22.7 Å². The standard InChI is InChI=1S/C43H39N3O10S/c1-2-10-39(47)44-29-19-21-32(22-20-29)57(54,55)45-40(48)34-24-35(37(43(52)53)25-36(34)42(50)51)41(49)46(38-18-9-13-28-12-6-7-17-33(28)38)26-27-11-8-16-31(23-27)56-30-14-4-3-5-15-30/h3-8,11-12,14-17,19-25,38H,2,9-10,13,18,26H2,1H3,(H,44,47)(H,45,48)(H,50,51)(H,52,53)/t38-/m0/s1. The van der Waals surface area contributed by atoms with Crippen molar-refractivity contribution < 1.29 is 47.3 Å². The summed E-state index contributed by atoms with van der Waals surface area (Å²) >= 11 is 0. The van der Waals surface area contributed by atoms with E-state index in [9.17, 15) is 42.6 Å². The molecule has 0 aromatic heterocycles. The Balaban J connectivity index is 1.38. The highest BCUT2D eigenvalue weighted by atomic mass is 32.2. The highest BCUT2D eigenvalue weighted by Gasteiger charge is 2.34. The van der Waals surface area contributed by atoms with E-state index >= 15 is 0 Å². The lowest BCUT2D eigenvalue weighted by atomic mass is 9.86. The van der Waals surface area contributed by atoms with E-state index < -0.39 is 62.1 Å². The van der Waals surface area contributed by atoms with Crippen LogP contribution in [0.25, 0.3) is 0 Å². The Hall–Kier alpha value is -6.80. The minimum atomic E-state index is -4.63. The van der Waals surface area contributed by atoms with Crippen LogP contribution in [0.15, 0.2) is 120 Å². The van der Waals surface area contributed by atoms with Gasteiger partial charge >= 0.3 is 11.9 Å². The summed E-state index contributed by atoms with van der Waals surface area (Å²) in [5.41, 5.74) is 0.0477. The zero-order chi connectivity index (χ0) is 40.7. The van der Waals surface area contributed by atoms with Crippen LogP contribution in [-0.4, -0.2) is 53.2 Å². The predicted octanol–water partition coefficient (Wildman–Crippen LogP) is 7.45. The van der Waals surface area contributed by atoms with Gasteiger partial charge in [0, 0.05) is 18.7 Å². The summed E-state index contributed by atoms with van der Waals surface area (Å²) in [5.74, 6) is -4.77. The van der Waals surface area contributed by atoms with Crippen LogP contribution in [0.2, 0.25) is 0 Å². The van der Waals surface area contributed by atoms with Crippen molar-refractivity contribution in [1.29, 1.82) is 0 Å². The van der Waals surface area contributed by atoms with E-state index in [1.807, 2.05) is 54.1 Å². The highest BCUT2D eigenvalue weighted by Crippen LogP contribution is 2.37. The van der Waals surface area contributed by atoms with Crippen molar-refractivity contribution in [2.45, 2.75) is 56.5 Å². The van der Waals surface area contributed by atoms with Gasteiger partial charge in [0.05, 0.1) is 33.2 Å². The number of anilines is 1. The molecule has 0 fully saturated rings. The van der Waals surface area contributed by atoms with Gasteiger partial charge in [0.1, 0.15) is 11.5 Å². The topological polar surface area (TPSA) is 196 Å². The molecule has 4 N–H and O–H groups in total. The van der Waals surface area contributed by atoms with Crippen LogP contribution in [0.3, 0.4) is 0 Å². The Morgan fingerprint density at radius 2 is 1.40 bits per heavy atom. The van der Waals surface area contributed by atoms with Crippen molar-refractivity contribution >= 4 is 45.4 Å². The molecule has 0 radical (unpaired) electrons. The Morgan fingerprint density at radius 1 is 0.754 bits per heavy atom.